The van der Waals surface area contributed by atoms with E-state index < -0.39 is 0 Å². The van der Waals surface area contributed by atoms with Crippen molar-refractivity contribution in [1.29, 1.82) is 0 Å². The van der Waals surface area contributed by atoms with E-state index in [-0.39, 0.29) is 12.5 Å². The average molecular weight is 317 g/mol. The van der Waals surface area contributed by atoms with Gasteiger partial charge in [-0.05, 0) is 47.0 Å². The summed E-state index contributed by atoms with van der Waals surface area (Å²) in [7, 11) is 0. The molecule has 120 valence electrons. The summed E-state index contributed by atoms with van der Waals surface area (Å²) in [6, 6.07) is 22.1. The number of hydrogen-bond acceptors (Lipinski definition) is 3. The summed E-state index contributed by atoms with van der Waals surface area (Å²) >= 11 is 0. The maximum absolute atomic E-state index is 11.8. The van der Waals surface area contributed by atoms with E-state index >= 15 is 0 Å². The molecule has 3 aromatic rings. The molecule has 0 fully saturated rings. The predicted octanol–water partition coefficient (Wildman–Crippen LogP) is 3.71. The number of aryl methyl sites for hydroxylation is 1. The number of hydrogen-bond donors (Lipinski definition) is 2. The first-order valence-electron chi connectivity index (χ1n) is 7.82. The van der Waals surface area contributed by atoms with E-state index in [1.807, 2.05) is 61.5 Å². The second-order valence-electron chi connectivity index (χ2n) is 5.62. The third-order valence-electron chi connectivity index (χ3n) is 3.65. The van der Waals surface area contributed by atoms with Crippen LogP contribution in [0.5, 0.6) is 0 Å². The molecule has 3 rings (SSSR count). The minimum absolute atomic E-state index is 0.179. The Bertz CT molecular complexity index is 887. The fourth-order valence-corrected chi connectivity index (χ4v) is 2.44. The van der Waals surface area contributed by atoms with Crippen LogP contribution in [0.25, 0.3) is 10.8 Å². The molecule has 0 atom stereocenters. The van der Waals surface area contributed by atoms with Crippen LogP contribution in [-0.4, -0.2) is 18.7 Å². The Balaban J connectivity index is 1.54. The smallest absolute Gasteiger partial charge is 0.259 e. The summed E-state index contributed by atoms with van der Waals surface area (Å²) in [5, 5.41) is 9.41. The largest absolute Gasteiger partial charge is 0.376 e. The van der Waals surface area contributed by atoms with Crippen molar-refractivity contribution in [2.24, 2.45) is 5.10 Å². The van der Waals surface area contributed by atoms with Crippen LogP contribution in [0.3, 0.4) is 0 Å². The van der Waals surface area contributed by atoms with Crippen LogP contribution in [0.2, 0.25) is 0 Å². The molecular weight excluding hydrogens is 298 g/mol. The Morgan fingerprint density at radius 3 is 2.67 bits per heavy atom. The van der Waals surface area contributed by atoms with Gasteiger partial charge in [0.15, 0.2) is 0 Å². The lowest BCUT2D eigenvalue weighted by Gasteiger charge is -2.05. The standard InChI is InChI=1S/C20H19N3O/c1-15-5-4-8-19(11-15)21-14-20(24)23-22-13-16-9-10-17-6-2-3-7-18(17)12-16/h2-13,21H,14H2,1H3,(H,23,24)/b22-13-. The third-order valence-corrected chi connectivity index (χ3v) is 3.65. The molecule has 4 heteroatoms. The van der Waals surface area contributed by atoms with E-state index in [9.17, 15) is 4.79 Å². The summed E-state index contributed by atoms with van der Waals surface area (Å²) in [4.78, 5) is 11.8. The maximum Gasteiger partial charge on any atom is 0.259 e. The van der Waals surface area contributed by atoms with Gasteiger partial charge >= 0.3 is 0 Å². The molecule has 2 N–H and O–H groups in total. The molecule has 3 aromatic carbocycles. The molecule has 0 heterocycles. The molecule has 1 amide bonds. The SMILES string of the molecule is Cc1cccc(NCC(=O)N/N=C\c2ccc3ccccc3c2)c1. The lowest BCUT2D eigenvalue weighted by molar-refractivity contribution is -0.119. The lowest BCUT2D eigenvalue weighted by atomic mass is 10.1. The molecule has 0 aliphatic rings. The third kappa shape index (κ3) is 4.20. The topological polar surface area (TPSA) is 53.5 Å². The molecule has 0 aromatic heterocycles. The molecule has 24 heavy (non-hydrogen) atoms. The van der Waals surface area contributed by atoms with Gasteiger partial charge in [0.2, 0.25) is 0 Å². The van der Waals surface area contributed by atoms with Crippen molar-refractivity contribution in [3.8, 4) is 0 Å². The fraction of sp³-hybridized carbons (Fsp3) is 0.100. The van der Waals surface area contributed by atoms with Gasteiger partial charge in [0, 0.05) is 5.69 Å². The lowest BCUT2D eigenvalue weighted by Crippen LogP contribution is -2.25. The zero-order valence-electron chi connectivity index (χ0n) is 13.5. The first kappa shape index (κ1) is 15.7. The summed E-state index contributed by atoms with van der Waals surface area (Å²) in [5.74, 6) is -0.187. The van der Waals surface area contributed by atoms with Crippen molar-refractivity contribution in [1.82, 2.24) is 5.43 Å². The number of hydrazone groups is 1. The van der Waals surface area contributed by atoms with E-state index in [4.69, 9.17) is 0 Å². The summed E-state index contributed by atoms with van der Waals surface area (Å²) in [6.07, 6.45) is 1.65. The van der Waals surface area contributed by atoms with Crippen LogP contribution in [0, 0.1) is 6.92 Å². The molecule has 0 unspecified atom stereocenters. The summed E-state index contributed by atoms with van der Waals surface area (Å²) in [5.41, 5.74) is 5.55. The molecule has 0 bridgehead atoms. The van der Waals surface area contributed by atoms with Crippen LogP contribution in [0.1, 0.15) is 11.1 Å². The van der Waals surface area contributed by atoms with Crippen LogP contribution in [0.4, 0.5) is 5.69 Å². The van der Waals surface area contributed by atoms with E-state index in [0.717, 1.165) is 22.2 Å². The quantitative estimate of drug-likeness (QED) is 0.557. The molecule has 0 saturated heterocycles. The van der Waals surface area contributed by atoms with Gasteiger partial charge in [0.25, 0.3) is 5.91 Å². The van der Waals surface area contributed by atoms with Gasteiger partial charge in [-0.25, -0.2) is 5.43 Å². The Morgan fingerprint density at radius 2 is 1.83 bits per heavy atom. The first-order chi connectivity index (χ1) is 11.7. The van der Waals surface area contributed by atoms with Crippen molar-refractivity contribution in [3.63, 3.8) is 0 Å². The number of rotatable bonds is 5. The first-order valence-corrected chi connectivity index (χ1v) is 7.82. The number of benzene rings is 3. The summed E-state index contributed by atoms with van der Waals surface area (Å²) in [6.45, 7) is 2.19. The number of nitrogens with one attached hydrogen (secondary N) is 2. The zero-order valence-corrected chi connectivity index (χ0v) is 13.5. The number of amides is 1. The van der Waals surface area contributed by atoms with Crippen molar-refractivity contribution in [3.05, 3.63) is 77.9 Å². The van der Waals surface area contributed by atoms with Gasteiger partial charge in [-0.2, -0.15) is 5.10 Å². The van der Waals surface area contributed by atoms with Crippen LogP contribution >= 0.6 is 0 Å². The van der Waals surface area contributed by atoms with Gasteiger partial charge in [0.1, 0.15) is 0 Å². The molecule has 0 saturated carbocycles. The van der Waals surface area contributed by atoms with Crippen molar-refractivity contribution >= 4 is 28.6 Å². The Hall–Kier alpha value is -3.14. The highest BCUT2D eigenvalue weighted by molar-refractivity contribution is 5.91. The second-order valence-corrected chi connectivity index (χ2v) is 5.62. The van der Waals surface area contributed by atoms with Crippen LogP contribution < -0.4 is 10.7 Å². The van der Waals surface area contributed by atoms with Crippen LogP contribution in [-0.2, 0) is 4.79 Å². The van der Waals surface area contributed by atoms with E-state index in [1.165, 1.54) is 5.39 Å². The van der Waals surface area contributed by atoms with Crippen molar-refractivity contribution in [2.45, 2.75) is 6.92 Å². The number of carbonyl (C=O) groups is 1. The van der Waals surface area contributed by atoms with Gasteiger partial charge in [-0.15, -0.1) is 0 Å². The number of nitrogens with zero attached hydrogens (tertiary/aromatic N) is 1. The van der Waals surface area contributed by atoms with Gasteiger partial charge in [0.05, 0.1) is 12.8 Å². The predicted molar refractivity (Wildman–Crippen MR) is 99.4 cm³/mol. The van der Waals surface area contributed by atoms with Gasteiger partial charge < -0.3 is 5.32 Å². The van der Waals surface area contributed by atoms with Crippen LogP contribution in [0.15, 0.2) is 71.8 Å². The molecule has 0 radical (unpaired) electrons. The normalized spacial score (nSPS) is 10.9. The number of fused-ring (bicyclic) bond motifs is 1. The van der Waals surface area contributed by atoms with E-state index in [2.05, 4.69) is 28.0 Å². The van der Waals surface area contributed by atoms with Crippen molar-refractivity contribution in [2.75, 3.05) is 11.9 Å². The fourth-order valence-electron chi connectivity index (χ4n) is 2.44. The Morgan fingerprint density at radius 1 is 1.00 bits per heavy atom. The Kier molecular flexibility index (Phi) is 4.87. The highest BCUT2D eigenvalue weighted by atomic mass is 16.2. The number of anilines is 1. The van der Waals surface area contributed by atoms with E-state index in [0.29, 0.717) is 0 Å². The molecule has 0 spiro atoms. The van der Waals surface area contributed by atoms with Gasteiger partial charge in [-0.1, -0.05) is 48.5 Å². The van der Waals surface area contributed by atoms with E-state index in [1.54, 1.807) is 6.21 Å². The second kappa shape index (κ2) is 7.42. The highest BCUT2D eigenvalue weighted by Crippen LogP contribution is 2.14. The van der Waals surface area contributed by atoms with Crippen molar-refractivity contribution < 1.29 is 4.79 Å². The Labute approximate surface area is 141 Å². The minimum Gasteiger partial charge on any atom is -0.376 e. The highest BCUT2D eigenvalue weighted by Gasteiger charge is 1.99. The average Bonchev–Trinajstić information content (AvgIpc) is 2.60. The molecule has 0 aliphatic carbocycles. The molecule has 0 aliphatic heterocycles. The molecular formula is C20H19N3O. The van der Waals surface area contributed by atoms with Gasteiger partial charge in [-0.3, -0.25) is 4.79 Å². The maximum atomic E-state index is 11.8. The number of carbonyl (C=O) groups excluding carboxylic acids is 1. The monoisotopic (exact) mass is 317 g/mol. The minimum atomic E-state index is -0.187. The summed E-state index contributed by atoms with van der Waals surface area (Å²) < 4.78 is 0. The zero-order chi connectivity index (χ0) is 16.8. The molecule has 4 nitrogen and oxygen atoms in total.